The zero-order chi connectivity index (χ0) is 15.4. The van der Waals surface area contributed by atoms with E-state index in [2.05, 4.69) is 26.1 Å². The first kappa shape index (κ1) is 14.4. The summed E-state index contributed by atoms with van der Waals surface area (Å²) in [5.74, 6) is -0.0481. The van der Waals surface area contributed by atoms with Crippen LogP contribution in [-0.2, 0) is 0 Å². The molecule has 3 unspecified atom stereocenters. The van der Waals surface area contributed by atoms with Crippen molar-refractivity contribution in [3.8, 4) is 0 Å². The number of nitrogen functional groups attached to an aromatic ring is 1. The van der Waals surface area contributed by atoms with Crippen molar-refractivity contribution in [3.05, 3.63) is 29.6 Å². The lowest BCUT2D eigenvalue weighted by Gasteiger charge is -2.39. The second kappa shape index (κ2) is 4.46. The maximum absolute atomic E-state index is 13.3. The molecule has 1 amide bonds. The van der Waals surface area contributed by atoms with E-state index in [0.717, 1.165) is 12.8 Å². The van der Waals surface area contributed by atoms with E-state index in [1.807, 2.05) is 0 Å². The van der Waals surface area contributed by atoms with Gasteiger partial charge in [-0.3, -0.25) is 4.79 Å². The largest absolute Gasteiger partial charge is 0.398 e. The summed E-state index contributed by atoms with van der Waals surface area (Å²) in [6, 6.07) is 4.07. The summed E-state index contributed by atoms with van der Waals surface area (Å²) in [6.45, 7) is 6.86. The molecule has 1 aromatic carbocycles. The van der Waals surface area contributed by atoms with Gasteiger partial charge in [-0.1, -0.05) is 20.8 Å². The molecule has 21 heavy (non-hydrogen) atoms. The zero-order valence-corrected chi connectivity index (χ0v) is 12.9. The van der Waals surface area contributed by atoms with Crippen LogP contribution in [0.15, 0.2) is 18.2 Å². The SMILES string of the molecule is CC1(C)C2CCC1(C)C(NC(=O)c1cc(F)ccc1N)C2. The fourth-order valence-electron chi connectivity index (χ4n) is 4.38. The standard InChI is InChI=1S/C17H23FN2O/c1-16(2)10-6-7-17(16,3)14(8-10)20-15(21)12-9-11(18)4-5-13(12)19/h4-5,9-10,14H,6-8,19H2,1-3H3,(H,20,21). The van der Waals surface area contributed by atoms with Gasteiger partial charge in [0, 0.05) is 11.7 Å². The topological polar surface area (TPSA) is 55.1 Å². The highest BCUT2D eigenvalue weighted by molar-refractivity contribution is 5.99. The number of anilines is 1. The lowest BCUT2D eigenvalue weighted by Crippen LogP contribution is -2.47. The second-order valence-electron chi connectivity index (χ2n) is 7.37. The number of fused-ring (bicyclic) bond motifs is 2. The molecule has 2 fully saturated rings. The molecule has 0 aliphatic heterocycles. The minimum atomic E-state index is -0.436. The van der Waals surface area contributed by atoms with Crippen LogP contribution in [0.25, 0.3) is 0 Å². The van der Waals surface area contributed by atoms with Gasteiger partial charge in [0.25, 0.3) is 5.91 Å². The zero-order valence-electron chi connectivity index (χ0n) is 12.9. The van der Waals surface area contributed by atoms with Gasteiger partial charge in [-0.05, 0) is 54.2 Å². The molecule has 0 spiro atoms. The van der Waals surface area contributed by atoms with Crippen molar-refractivity contribution in [1.82, 2.24) is 5.32 Å². The van der Waals surface area contributed by atoms with Gasteiger partial charge in [-0.2, -0.15) is 0 Å². The first-order valence-corrected chi connectivity index (χ1v) is 7.61. The Morgan fingerprint density at radius 2 is 2.10 bits per heavy atom. The quantitative estimate of drug-likeness (QED) is 0.821. The van der Waals surface area contributed by atoms with Crippen molar-refractivity contribution >= 4 is 11.6 Å². The Labute approximate surface area is 125 Å². The summed E-state index contributed by atoms with van der Waals surface area (Å²) in [5.41, 5.74) is 6.70. The number of halogens is 1. The third kappa shape index (κ3) is 1.95. The smallest absolute Gasteiger partial charge is 0.253 e. The molecule has 0 heterocycles. The van der Waals surface area contributed by atoms with E-state index in [1.54, 1.807) is 0 Å². The molecule has 3 N–H and O–H groups in total. The monoisotopic (exact) mass is 290 g/mol. The van der Waals surface area contributed by atoms with Crippen LogP contribution in [0.3, 0.4) is 0 Å². The van der Waals surface area contributed by atoms with Gasteiger partial charge in [0.15, 0.2) is 0 Å². The average Bonchev–Trinajstić information content (AvgIpc) is 2.74. The lowest BCUT2D eigenvalue weighted by molar-refractivity contribution is 0.0826. The number of carbonyl (C=O) groups is 1. The highest BCUT2D eigenvalue weighted by atomic mass is 19.1. The van der Waals surface area contributed by atoms with E-state index in [9.17, 15) is 9.18 Å². The molecule has 0 saturated heterocycles. The van der Waals surface area contributed by atoms with Crippen molar-refractivity contribution in [2.75, 3.05) is 5.73 Å². The van der Waals surface area contributed by atoms with Gasteiger partial charge < -0.3 is 11.1 Å². The summed E-state index contributed by atoms with van der Waals surface area (Å²) < 4.78 is 13.3. The Bertz CT molecular complexity index is 598. The lowest BCUT2D eigenvalue weighted by atomic mass is 9.69. The molecule has 2 saturated carbocycles. The van der Waals surface area contributed by atoms with Gasteiger partial charge >= 0.3 is 0 Å². The number of benzene rings is 1. The van der Waals surface area contributed by atoms with Crippen LogP contribution in [-0.4, -0.2) is 11.9 Å². The van der Waals surface area contributed by atoms with Crippen LogP contribution in [0.4, 0.5) is 10.1 Å². The molecule has 1 aromatic rings. The summed E-state index contributed by atoms with van der Waals surface area (Å²) in [7, 11) is 0. The van der Waals surface area contributed by atoms with E-state index in [-0.39, 0.29) is 28.3 Å². The Hall–Kier alpha value is -1.58. The number of amides is 1. The molecular formula is C17H23FN2O. The molecule has 2 bridgehead atoms. The Morgan fingerprint density at radius 1 is 1.38 bits per heavy atom. The molecule has 2 aliphatic rings. The molecule has 0 radical (unpaired) electrons. The summed E-state index contributed by atoms with van der Waals surface area (Å²) >= 11 is 0. The third-order valence-corrected chi connectivity index (χ3v) is 6.36. The molecule has 3 atom stereocenters. The average molecular weight is 290 g/mol. The molecule has 114 valence electrons. The first-order valence-electron chi connectivity index (χ1n) is 7.61. The van der Waals surface area contributed by atoms with Crippen LogP contribution in [0.1, 0.15) is 50.4 Å². The number of nitrogens with one attached hydrogen (secondary N) is 1. The fraction of sp³-hybridized carbons (Fsp3) is 0.588. The molecule has 0 aromatic heterocycles. The molecule has 3 rings (SSSR count). The number of hydrogen-bond acceptors (Lipinski definition) is 2. The van der Waals surface area contributed by atoms with Gasteiger partial charge in [0.2, 0.25) is 0 Å². The summed E-state index contributed by atoms with van der Waals surface area (Å²) in [4.78, 5) is 12.4. The van der Waals surface area contributed by atoms with Gasteiger partial charge in [0.1, 0.15) is 5.82 Å². The predicted octanol–water partition coefficient (Wildman–Crippen LogP) is 3.35. The Kier molecular flexibility index (Phi) is 3.05. The maximum atomic E-state index is 13.3. The molecular weight excluding hydrogens is 267 g/mol. The van der Waals surface area contributed by atoms with Gasteiger partial charge in [0.05, 0.1) is 5.56 Å². The third-order valence-electron chi connectivity index (χ3n) is 6.36. The highest BCUT2D eigenvalue weighted by Gasteiger charge is 2.61. The summed E-state index contributed by atoms with van der Waals surface area (Å²) in [5, 5.41) is 3.11. The van der Waals surface area contributed by atoms with Crippen LogP contribution >= 0.6 is 0 Å². The van der Waals surface area contributed by atoms with Crippen molar-refractivity contribution in [2.24, 2.45) is 16.7 Å². The number of rotatable bonds is 2. The predicted molar refractivity (Wildman–Crippen MR) is 81.3 cm³/mol. The normalized spacial score (nSPS) is 33.1. The second-order valence-corrected chi connectivity index (χ2v) is 7.37. The summed E-state index contributed by atoms with van der Waals surface area (Å²) in [6.07, 6.45) is 3.37. The van der Waals surface area contributed by atoms with Crippen molar-refractivity contribution in [3.63, 3.8) is 0 Å². The van der Waals surface area contributed by atoms with Crippen molar-refractivity contribution in [1.29, 1.82) is 0 Å². The highest BCUT2D eigenvalue weighted by Crippen LogP contribution is 2.65. The minimum Gasteiger partial charge on any atom is -0.398 e. The Morgan fingerprint density at radius 3 is 2.67 bits per heavy atom. The Balaban J connectivity index is 1.82. The number of nitrogens with two attached hydrogens (primary N) is 1. The van der Waals surface area contributed by atoms with Crippen LogP contribution in [0.5, 0.6) is 0 Å². The van der Waals surface area contributed by atoms with Gasteiger partial charge in [-0.25, -0.2) is 4.39 Å². The van der Waals surface area contributed by atoms with Gasteiger partial charge in [-0.15, -0.1) is 0 Å². The van der Waals surface area contributed by atoms with Crippen LogP contribution in [0, 0.1) is 22.6 Å². The number of hydrogen-bond donors (Lipinski definition) is 2. The van der Waals surface area contributed by atoms with E-state index in [4.69, 9.17) is 5.73 Å². The van der Waals surface area contributed by atoms with E-state index >= 15 is 0 Å². The fourth-order valence-corrected chi connectivity index (χ4v) is 4.38. The first-order chi connectivity index (χ1) is 9.75. The molecule has 4 heteroatoms. The minimum absolute atomic E-state index is 0.107. The molecule has 2 aliphatic carbocycles. The van der Waals surface area contributed by atoms with Crippen molar-refractivity contribution in [2.45, 2.75) is 46.1 Å². The maximum Gasteiger partial charge on any atom is 0.253 e. The van der Waals surface area contributed by atoms with E-state index < -0.39 is 5.82 Å². The van der Waals surface area contributed by atoms with Crippen molar-refractivity contribution < 1.29 is 9.18 Å². The number of carbonyl (C=O) groups excluding carboxylic acids is 1. The van der Waals surface area contributed by atoms with Crippen LogP contribution in [0.2, 0.25) is 0 Å². The van der Waals surface area contributed by atoms with Crippen LogP contribution < -0.4 is 11.1 Å². The molecule has 3 nitrogen and oxygen atoms in total. The van der Waals surface area contributed by atoms with E-state index in [0.29, 0.717) is 11.6 Å². The van der Waals surface area contributed by atoms with E-state index in [1.165, 1.54) is 24.6 Å².